The highest BCUT2D eigenvalue weighted by Crippen LogP contribution is 2.27. The van der Waals surface area contributed by atoms with Gasteiger partial charge in [-0.25, -0.2) is 4.98 Å². The molecule has 0 radical (unpaired) electrons. The Kier molecular flexibility index (Phi) is 4.89. The Morgan fingerprint density at radius 1 is 1.03 bits per heavy atom. The Morgan fingerprint density at radius 2 is 1.86 bits per heavy atom. The molecule has 0 fully saturated rings. The first-order valence-corrected chi connectivity index (χ1v) is 9.65. The molecular weight excluding hydrogens is 360 g/mol. The Balaban J connectivity index is 1.76. The zero-order valence-corrected chi connectivity index (χ0v) is 17.2. The summed E-state index contributed by atoms with van der Waals surface area (Å²) < 4.78 is 1.73. The number of aromatic nitrogens is 3. The molecule has 146 valence electrons. The van der Waals surface area contributed by atoms with Crippen molar-refractivity contribution in [3.05, 3.63) is 82.7 Å². The van der Waals surface area contributed by atoms with Crippen molar-refractivity contribution in [1.82, 2.24) is 20.1 Å². The van der Waals surface area contributed by atoms with E-state index in [0.29, 0.717) is 12.1 Å². The normalized spacial score (nSPS) is 11.0. The number of amides is 1. The quantitative estimate of drug-likeness (QED) is 0.564. The maximum Gasteiger partial charge on any atom is 0.252 e. The van der Waals surface area contributed by atoms with Gasteiger partial charge in [-0.05, 0) is 56.2 Å². The van der Waals surface area contributed by atoms with Crippen molar-refractivity contribution in [1.29, 1.82) is 0 Å². The smallest absolute Gasteiger partial charge is 0.252 e. The summed E-state index contributed by atoms with van der Waals surface area (Å²) in [5.41, 5.74) is 7.77. The monoisotopic (exact) mass is 384 g/mol. The maximum absolute atomic E-state index is 13.1. The molecule has 29 heavy (non-hydrogen) atoms. The van der Waals surface area contributed by atoms with Crippen LogP contribution in [-0.4, -0.2) is 20.7 Å². The summed E-state index contributed by atoms with van der Waals surface area (Å²) in [6, 6.07) is 14.2. The molecule has 0 aliphatic carbocycles. The summed E-state index contributed by atoms with van der Waals surface area (Å²) in [5.74, 6) is -0.114. The van der Waals surface area contributed by atoms with Gasteiger partial charge in [0.05, 0.1) is 23.0 Å². The van der Waals surface area contributed by atoms with Crippen molar-refractivity contribution in [2.24, 2.45) is 7.05 Å². The first-order valence-electron chi connectivity index (χ1n) is 9.65. The molecule has 0 unspecified atom stereocenters. The van der Waals surface area contributed by atoms with Gasteiger partial charge >= 0.3 is 0 Å². The minimum absolute atomic E-state index is 0.114. The van der Waals surface area contributed by atoms with Crippen LogP contribution < -0.4 is 5.32 Å². The summed E-state index contributed by atoms with van der Waals surface area (Å²) in [4.78, 5) is 17.9. The molecule has 2 aromatic carbocycles. The van der Waals surface area contributed by atoms with Gasteiger partial charge in [0.2, 0.25) is 0 Å². The summed E-state index contributed by atoms with van der Waals surface area (Å²) in [5, 5.41) is 8.03. The van der Waals surface area contributed by atoms with Crippen LogP contribution in [-0.2, 0) is 13.6 Å². The standard InChI is InChI=1S/C24H24N4O/c1-15-5-8-22-20(9-15)21(24(29)25-12-18-13-26-28(4)14-18)11-23(27-22)19-7-6-16(2)17(3)10-19/h5-11,13-14H,12H2,1-4H3,(H,25,29). The van der Waals surface area contributed by atoms with E-state index in [2.05, 4.69) is 42.5 Å². The molecule has 5 heteroatoms. The lowest BCUT2D eigenvalue weighted by molar-refractivity contribution is 0.0952. The number of hydrogen-bond donors (Lipinski definition) is 1. The van der Waals surface area contributed by atoms with E-state index < -0.39 is 0 Å². The second-order valence-corrected chi connectivity index (χ2v) is 7.58. The van der Waals surface area contributed by atoms with Gasteiger partial charge in [0, 0.05) is 36.3 Å². The summed E-state index contributed by atoms with van der Waals surface area (Å²) >= 11 is 0. The third-order valence-electron chi connectivity index (χ3n) is 5.22. The number of nitrogens with one attached hydrogen (secondary N) is 1. The number of pyridine rings is 1. The molecule has 0 saturated heterocycles. The minimum Gasteiger partial charge on any atom is -0.348 e. The highest BCUT2D eigenvalue weighted by Gasteiger charge is 2.15. The first kappa shape index (κ1) is 18.9. The van der Waals surface area contributed by atoms with Gasteiger partial charge in [0.25, 0.3) is 5.91 Å². The predicted molar refractivity (Wildman–Crippen MR) is 116 cm³/mol. The van der Waals surface area contributed by atoms with Crippen LogP contribution in [0, 0.1) is 20.8 Å². The Labute approximate surface area is 170 Å². The molecule has 5 nitrogen and oxygen atoms in total. The highest BCUT2D eigenvalue weighted by molar-refractivity contribution is 6.07. The van der Waals surface area contributed by atoms with Gasteiger partial charge in [0.1, 0.15) is 0 Å². The van der Waals surface area contributed by atoms with Gasteiger partial charge in [0.15, 0.2) is 0 Å². The fourth-order valence-corrected chi connectivity index (χ4v) is 3.42. The number of carbonyl (C=O) groups excluding carboxylic acids is 1. The number of rotatable bonds is 4. The molecule has 4 rings (SSSR count). The van der Waals surface area contributed by atoms with E-state index >= 15 is 0 Å². The third-order valence-corrected chi connectivity index (χ3v) is 5.22. The first-order chi connectivity index (χ1) is 13.9. The molecule has 0 aliphatic heterocycles. The van der Waals surface area contributed by atoms with Crippen LogP contribution in [0.25, 0.3) is 22.2 Å². The van der Waals surface area contributed by atoms with E-state index in [1.807, 2.05) is 44.4 Å². The molecule has 0 aliphatic rings. The van der Waals surface area contributed by atoms with Crippen LogP contribution in [0.4, 0.5) is 0 Å². The lowest BCUT2D eigenvalue weighted by atomic mass is 9.99. The molecule has 0 spiro atoms. The fraction of sp³-hybridized carbons (Fsp3) is 0.208. The second-order valence-electron chi connectivity index (χ2n) is 7.58. The summed E-state index contributed by atoms with van der Waals surface area (Å²) in [6.07, 6.45) is 3.66. The Bertz CT molecular complexity index is 1220. The van der Waals surface area contributed by atoms with E-state index in [1.54, 1.807) is 10.9 Å². The van der Waals surface area contributed by atoms with Gasteiger partial charge in [-0.3, -0.25) is 9.48 Å². The van der Waals surface area contributed by atoms with E-state index in [1.165, 1.54) is 11.1 Å². The minimum atomic E-state index is -0.114. The number of aryl methyl sites for hydroxylation is 4. The van der Waals surface area contributed by atoms with Gasteiger partial charge < -0.3 is 5.32 Å². The van der Waals surface area contributed by atoms with Crippen LogP contribution in [0.2, 0.25) is 0 Å². The largest absolute Gasteiger partial charge is 0.348 e. The van der Waals surface area contributed by atoms with Crippen LogP contribution >= 0.6 is 0 Å². The molecular formula is C24H24N4O. The molecule has 4 aromatic rings. The van der Waals surface area contributed by atoms with Crippen molar-refractivity contribution >= 4 is 16.8 Å². The zero-order valence-electron chi connectivity index (χ0n) is 17.2. The average Bonchev–Trinajstić information content (AvgIpc) is 3.12. The van der Waals surface area contributed by atoms with Crippen LogP contribution in [0.1, 0.15) is 32.6 Å². The Hall–Kier alpha value is -3.47. The number of nitrogens with zero attached hydrogens (tertiary/aromatic N) is 3. The van der Waals surface area contributed by atoms with Crippen molar-refractivity contribution < 1.29 is 4.79 Å². The summed E-state index contributed by atoms with van der Waals surface area (Å²) in [7, 11) is 1.86. The van der Waals surface area contributed by atoms with Crippen molar-refractivity contribution in [3.8, 4) is 11.3 Å². The second kappa shape index (κ2) is 7.51. The third kappa shape index (κ3) is 3.90. The lowest BCUT2D eigenvalue weighted by Gasteiger charge is -2.12. The molecule has 2 aromatic heterocycles. The molecule has 2 heterocycles. The SMILES string of the molecule is Cc1ccc2nc(-c3ccc(C)c(C)c3)cc(C(=O)NCc3cnn(C)c3)c2c1. The van der Waals surface area contributed by atoms with Crippen LogP contribution in [0.3, 0.4) is 0 Å². The predicted octanol–water partition coefficient (Wildman–Crippen LogP) is 4.49. The fourth-order valence-electron chi connectivity index (χ4n) is 3.42. The van der Waals surface area contributed by atoms with E-state index in [9.17, 15) is 4.79 Å². The van der Waals surface area contributed by atoms with E-state index in [-0.39, 0.29) is 5.91 Å². The van der Waals surface area contributed by atoms with Crippen molar-refractivity contribution in [3.63, 3.8) is 0 Å². The van der Waals surface area contributed by atoms with Gasteiger partial charge in [-0.15, -0.1) is 0 Å². The number of benzene rings is 2. The topological polar surface area (TPSA) is 59.8 Å². The van der Waals surface area contributed by atoms with Crippen molar-refractivity contribution in [2.45, 2.75) is 27.3 Å². The average molecular weight is 384 g/mol. The Morgan fingerprint density at radius 3 is 2.59 bits per heavy atom. The molecule has 0 saturated carbocycles. The van der Waals surface area contributed by atoms with E-state index in [0.717, 1.165) is 33.3 Å². The maximum atomic E-state index is 13.1. The number of fused-ring (bicyclic) bond motifs is 1. The molecule has 1 amide bonds. The molecule has 0 bridgehead atoms. The number of hydrogen-bond acceptors (Lipinski definition) is 3. The zero-order chi connectivity index (χ0) is 20.5. The number of carbonyl (C=O) groups is 1. The summed E-state index contributed by atoms with van der Waals surface area (Å²) in [6.45, 7) is 6.63. The lowest BCUT2D eigenvalue weighted by Crippen LogP contribution is -2.23. The van der Waals surface area contributed by atoms with Gasteiger partial charge in [-0.2, -0.15) is 5.10 Å². The molecule has 0 atom stereocenters. The van der Waals surface area contributed by atoms with Crippen LogP contribution in [0.5, 0.6) is 0 Å². The highest BCUT2D eigenvalue weighted by atomic mass is 16.1. The van der Waals surface area contributed by atoms with Gasteiger partial charge in [-0.1, -0.05) is 23.8 Å². The molecule has 1 N–H and O–H groups in total. The van der Waals surface area contributed by atoms with Crippen molar-refractivity contribution in [2.75, 3.05) is 0 Å². The van der Waals surface area contributed by atoms with Crippen LogP contribution in [0.15, 0.2) is 54.9 Å². The van der Waals surface area contributed by atoms with E-state index in [4.69, 9.17) is 4.98 Å².